The summed E-state index contributed by atoms with van der Waals surface area (Å²) in [5.41, 5.74) is 6.16. The van der Waals surface area contributed by atoms with Gasteiger partial charge in [0.15, 0.2) is 0 Å². The molecule has 2 unspecified atom stereocenters. The lowest BCUT2D eigenvalue weighted by Gasteiger charge is -2.50. The second kappa shape index (κ2) is 9.41. The second-order valence-electron chi connectivity index (χ2n) is 9.96. The molecule has 3 aliphatic heterocycles. The Bertz CT molecular complexity index is 1280. The Morgan fingerprint density at radius 1 is 0.833 bits per heavy atom. The Balaban J connectivity index is 1.34. The summed E-state index contributed by atoms with van der Waals surface area (Å²) >= 11 is 0. The lowest BCUT2D eigenvalue weighted by atomic mass is 9.82. The quantitative estimate of drug-likeness (QED) is 0.558. The van der Waals surface area contributed by atoms with Crippen molar-refractivity contribution in [3.63, 3.8) is 0 Å². The fraction of sp³-hybridized carbons (Fsp3) is 0.367. The van der Waals surface area contributed by atoms with Crippen molar-refractivity contribution in [2.75, 3.05) is 50.2 Å². The van der Waals surface area contributed by atoms with Crippen LogP contribution in [0.5, 0.6) is 11.5 Å². The van der Waals surface area contributed by atoms with Crippen molar-refractivity contribution < 1.29 is 14.3 Å². The summed E-state index contributed by atoms with van der Waals surface area (Å²) in [5.74, 6) is 1.90. The van der Waals surface area contributed by atoms with Crippen LogP contribution in [0.25, 0.3) is 0 Å². The van der Waals surface area contributed by atoms with Gasteiger partial charge in [-0.3, -0.25) is 4.79 Å². The number of benzene rings is 3. The number of carbonyl (C=O) groups is 1. The molecule has 6 heteroatoms. The number of methoxy groups -OCH3 is 2. The van der Waals surface area contributed by atoms with E-state index in [1.807, 2.05) is 18.2 Å². The average Bonchev–Trinajstić information content (AvgIpc) is 2.95. The van der Waals surface area contributed by atoms with Crippen molar-refractivity contribution in [1.82, 2.24) is 4.90 Å². The van der Waals surface area contributed by atoms with E-state index >= 15 is 0 Å². The minimum absolute atomic E-state index is 0.0768. The normalized spacial score (nSPS) is 20.8. The molecule has 3 aromatic rings. The predicted octanol–water partition coefficient (Wildman–Crippen LogP) is 4.16. The number of hydrogen-bond acceptors (Lipinski definition) is 5. The first-order valence-corrected chi connectivity index (χ1v) is 12.8. The molecule has 0 aromatic heterocycles. The fourth-order valence-electron chi connectivity index (χ4n) is 6.22. The van der Waals surface area contributed by atoms with Gasteiger partial charge >= 0.3 is 0 Å². The molecule has 1 saturated heterocycles. The molecule has 0 N–H and O–H groups in total. The van der Waals surface area contributed by atoms with E-state index in [0.717, 1.165) is 56.2 Å². The zero-order valence-electron chi connectivity index (χ0n) is 21.0. The van der Waals surface area contributed by atoms with Crippen LogP contribution in [0, 0.1) is 5.92 Å². The lowest BCUT2D eigenvalue weighted by molar-refractivity contribution is -0.137. The standard InChI is InChI=1S/C30H33N3O3/c1-35-24-12-11-22-17-25(30(34)32-14-13-21-7-3-4-8-23(21)19-32)28-20-31(15-16-33(28)27(22)18-24)26-9-5-6-10-29(26)36-2/h3-12,18,25,28H,13-17,19-20H2,1-2H3. The number of ether oxygens (including phenoxy) is 2. The maximum atomic E-state index is 14.1. The van der Waals surface area contributed by atoms with E-state index in [1.165, 1.54) is 22.4 Å². The van der Waals surface area contributed by atoms with Crippen molar-refractivity contribution in [3.8, 4) is 11.5 Å². The number of fused-ring (bicyclic) bond motifs is 4. The Morgan fingerprint density at radius 2 is 1.64 bits per heavy atom. The summed E-state index contributed by atoms with van der Waals surface area (Å²) in [6.07, 6.45) is 1.67. The molecule has 3 heterocycles. The minimum Gasteiger partial charge on any atom is -0.497 e. The topological polar surface area (TPSA) is 45.3 Å². The molecule has 1 amide bonds. The van der Waals surface area contributed by atoms with Crippen LogP contribution < -0.4 is 19.3 Å². The molecule has 3 aliphatic rings. The number of anilines is 2. The van der Waals surface area contributed by atoms with Crippen LogP contribution in [0.4, 0.5) is 11.4 Å². The Morgan fingerprint density at radius 3 is 2.47 bits per heavy atom. The number of nitrogens with zero attached hydrogens (tertiary/aromatic N) is 3. The van der Waals surface area contributed by atoms with E-state index in [0.29, 0.717) is 6.54 Å². The Kier molecular flexibility index (Phi) is 5.96. The van der Waals surface area contributed by atoms with Crippen LogP contribution in [0.15, 0.2) is 66.7 Å². The monoisotopic (exact) mass is 483 g/mol. The van der Waals surface area contributed by atoms with Gasteiger partial charge in [-0.05, 0) is 47.7 Å². The second-order valence-corrected chi connectivity index (χ2v) is 9.96. The van der Waals surface area contributed by atoms with Gasteiger partial charge in [-0.25, -0.2) is 0 Å². The van der Waals surface area contributed by atoms with Crippen LogP contribution in [-0.4, -0.2) is 57.2 Å². The van der Waals surface area contributed by atoms with Crippen LogP contribution in [0.1, 0.15) is 16.7 Å². The number of rotatable bonds is 4. The Hall–Kier alpha value is -3.67. The fourth-order valence-corrected chi connectivity index (χ4v) is 6.22. The summed E-state index contributed by atoms with van der Waals surface area (Å²) in [6, 6.07) is 23.1. The van der Waals surface area contributed by atoms with E-state index in [2.05, 4.69) is 63.2 Å². The molecule has 36 heavy (non-hydrogen) atoms. The summed E-state index contributed by atoms with van der Waals surface area (Å²) in [5, 5.41) is 0. The molecule has 1 fully saturated rings. The number of hydrogen-bond donors (Lipinski definition) is 0. The largest absolute Gasteiger partial charge is 0.497 e. The summed E-state index contributed by atoms with van der Waals surface area (Å²) < 4.78 is 11.2. The van der Waals surface area contributed by atoms with Gasteiger partial charge in [-0.2, -0.15) is 0 Å². The van der Waals surface area contributed by atoms with Crippen molar-refractivity contribution in [1.29, 1.82) is 0 Å². The van der Waals surface area contributed by atoms with E-state index in [9.17, 15) is 4.79 Å². The van der Waals surface area contributed by atoms with Crippen molar-refractivity contribution in [3.05, 3.63) is 83.4 Å². The van der Waals surface area contributed by atoms with Crippen molar-refractivity contribution in [2.45, 2.75) is 25.4 Å². The van der Waals surface area contributed by atoms with Gasteiger partial charge in [0.05, 0.1) is 31.9 Å². The molecule has 0 saturated carbocycles. The summed E-state index contributed by atoms with van der Waals surface area (Å²) in [7, 11) is 3.43. The van der Waals surface area contributed by atoms with Gasteiger partial charge in [-0.1, -0.05) is 42.5 Å². The first-order valence-electron chi connectivity index (χ1n) is 12.8. The molecule has 3 aromatic carbocycles. The number of piperazine rings is 1. The average molecular weight is 484 g/mol. The number of amides is 1. The SMILES string of the molecule is COc1ccc2c(c1)N1CCN(c3ccccc3OC)CC1C(C(=O)N1CCc3ccccc3C1)C2. The molecule has 2 atom stereocenters. The van der Waals surface area contributed by atoms with Crippen LogP contribution >= 0.6 is 0 Å². The highest BCUT2D eigenvalue weighted by atomic mass is 16.5. The van der Waals surface area contributed by atoms with E-state index in [-0.39, 0.29) is 17.9 Å². The third kappa shape index (κ3) is 3.94. The van der Waals surface area contributed by atoms with Gasteiger partial charge in [0, 0.05) is 44.5 Å². The molecule has 0 bridgehead atoms. The third-order valence-corrected chi connectivity index (χ3v) is 8.11. The van der Waals surface area contributed by atoms with Gasteiger partial charge < -0.3 is 24.2 Å². The van der Waals surface area contributed by atoms with Gasteiger partial charge in [0.1, 0.15) is 11.5 Å². The molecule has 186 valence electrons. The molecule has 0 aliphatic carbocycles. The van der Waals surface area contributed by atoms with Gasteiger partial charge in [0.25, 0.3) is 0 Å². The van der Waals surface area contributed by atoms with E-state index in [4.69, 9.17) is 9.47 Å². The summed E-state index contributed by atoms with van der Waals surface area (Å²) in [6.45, 7) is 3.97. The predicted molar refractivity (Wildman–Crippen MR) is 142 cm³/mol. The van der Waals surface area contributed by atoms with Crippen LogP contribution in [0.3, 0.4) is 0 Å². The lowest BCUT2D eigenvalue weighted by Crippen LogP contribution is -2.61. The highest BCUT2D eigenvalue weighted by Crippen LogP contribution is 2.41. The van der Waals surface area contributed by atoms with E-state index < -0.39 is 0 Å². The zero-order chi connectivity index (χ0) is 24.6. The summed E-state index contributed by atoms with van der Waals surface area (Å²) in [4.78, 5) is 21.1. The van der Waals surface area contributed by atoms with Gasteiger partial charge in [0.2, 0.25) is 5.91 Å². The first kappa shape index (κ1) is 22.8. The van der Waals surface area contributed by atoms with Crippen LogP contribution in [-0.2, 0) is 24.2 Å². The van der Waals surface area contributed by atoms with E-state index in [1.54, 1.807) is 14.2 Å². The number of carbonyl (C=O) groups excluding carboxylic acids is 1. The molecular weight excluding hydrogens is 450 g/mol. The minimum atomic E-state index is -0.103. The molecule has 6 nitrogen and oxygen atoms in total. The Labute approximate surface area is 213 Å². The zero-order valence-corrected chi connectivity index (χ0v) is 21.0. The first-order chi connectivity index (χ1) is 17.7. The highest BCUT2D eigenvalue weighted by molar-refractivity contribution is 5.83. The van der Waals surface area contributed by atoms with Crippen LogP contribution in [0.2, 0.25) is 0 Å². The highest BCUT2D eigenvalue weighted by Gasteiger charge is 2.43. The van der Waals surface area contributed by atoms with Crippen molar-refractivity contribution >= 4 is 17.3 Å². The van der Waals surface area contributed by atoms with Crippen molar-refractivity contribution in [2.24, 2.45) is 5.92 Å². The molecule has 0 radical (unpaired) electrons. The molecular formula is C30H33N3O3. The molecule has 0 spiro atoms. The molecule has 6 rings (SSSR count). The van der Waals surface area contributed by atoms with Gasteiger partial charge in [-0.15, -0.1) is 0 Å². The maximum Gasteiger partial charge on any atom is 0.228 e. The third-order valence-electron chi connectivity index (χ3n) is 8.11. The number of para-hydroxylation sites is 2. The maximum absolute atomic E-state index is 14.1. The smallest absolute Gasteiger partial charge is 0.228 e.